The van der Waals surface area contributed by atoms with Crippen molar-refractivity contribution in [3.63, 3.8) is 0 Å². The van der Waals surface area contributed by atoms with Crippen LogP contribution in [0.1, 0.15) is 38.6 Å². The molecule has 2 aromatic rings. The smallest absolute Gasteiger partial charge is 0.135 e. The monoisotopic (exact) mass is 293 g/mol. The van der Waals surface area contributed by atoms with Crippen molar-refractivity contribution < 1.29 is 9.52 Å². The fourth-order valence-electron chi connectivity index (χ4n) is 2.98. The molecule has 20 heavy (non-hydrogen) atoms. The van der Waals surface area contributed by atoms with Crippen molar-refractivity contribution in [2.75, 3.05) is 13.1 Å². The highest BCUT2D eigenvalue weighted by molar-refractivity contribution is 6.31. The number of furan rings is 1. The molecule has 1 aliphatic heterocycles. The zero-order valence-corrected chi connectivity index (χ0v) is 12.7. The highest BCUT2D eigenvalue weighted by Gasteiger charge is 2.38. The van der Waals surface area contributed by atoms with Crippen LogP contribution in [-0.2, 0) is 0 Å². The normalized spacial score (nSPS) is 18.8. The lowest BCUT2D eigenvalue weighted by molar-refractivity contribution is -0.0102. The van der Waals surface area contributed by atoms with E-state index in [1.54, 1.807) is 6.07 Å². The van der Waals surface area contributed by atoms with Crippen LogP contribution in [0.3, 0.4) is 0 Å². The first-order chi connectivity index (χ1) is 9.48. The molecule has 1 aromatic carbocycles. The van der Waals surface area contributed by atoms with Crippen LogP contribution in [0.2, 0.25) is 5.02 Å². The molecule has 0 amide bonds. The third-order valence-electron chi connectivity index (χ3n) is 4.36. The lowest BCUT2D eigenvalue weighted by Crippen LogP contribution is -2.46. The molecule has 0 spiro atoms. The average Bonchev–Trinajstić information content (AvgIpc) is 3.06. The number of benzene rings is 1. The third kappa shape index (κ3) is 2.34. The van der Waals surface area contributed by atoms with Crippen molar-refractivity contribution in [1.82, 2.24) is 4.90 Å². The standard InChI is InChI=1S/C16H20ClNO2/c1-16(2,18-7-3-4-8-18)15(19)14-10-11-9-12(17)5-6-13(11)20-14/h5-6,9-10,15,19H,3-4,7-8H2,1-2H3. The maximum Gasteiger partial charge on any atom is 0.135 e. The van der Waals surface area contributed by atoms with Gasteiger partial charge in [0.2, 0.25) is 0 Å². The molecule has 1 fully saturated rings. The van der Waals surface area contributed by atoms with E-state index in [0.717, 1.165) is 24.1 Å². The van der Waals surface area contributed by atoms with Gasteiger partial charge in [0.1, 0.15) is 17.4 Å². The fraction of sp³-hybridized carbons (Fsp3) is 0.500. The Hall–Kier alpha value is -1.03. The fourth-order valence-corrected chi connectivity index (χ4v) is 3.16. The molecule has 3 nitrogen and oxygen atoms in total. The Labute approximate surface area is 124 Å². The number of aliphatic hydroxyl groups is 1. The number of halogens is 1. The summed E-state index contributed by atoms with van der Waals surface area (Å²) >= 11 is 5.99. The summed E-state index contributed by atoms with van der Waals surface area (Å²) in [4.78, 5) is 2.33. The van der Waals surface area contributed by atoms with Crippen molar-refractivity contribution in [3.8, 4) is 0 Å². The van der Waals surface area contributed by atoms with E-state index in [1.165, 1.54) is 12.8 Å². The lowest BCUT2D eigenvalue weighted by Gasteiger charge is -2.38. The average molecular weight is 294 g/mol. The molecule has 1 aromatic heterocycles. The number of rotatable bonds is 3. The highest BCUT2D eigenvalue weighted by atomic mass is 35.5. The number of fused-ring (bicyclic) bond motifs is 1. The number of likely N-dealkylation sites (tertiary alicyclic amines) is 1. The molecule has 2 heterocycles. The second kappa shape index (κ2) is 5.06. The Balaban J connectivity index is 1.92. The van der Waals surface area contributed by atoms with Crippen molar-refractivity contribution in [2.45, 2.75) is 38.3 Å². The molecule has 108 valence electrons. The van der Waals surface area contributed by atoms with Gasteiger partial charge in [-0.15, -0.1) is 0 Å². The van der Waals surface area contributed by atoms with Gasteiger partial charge in [0.05, 0.1) is 0 Å². The summed E-state index contributed by atoms with van der Waals surface area (Å²) in [5.74, 6) is 0.610. The van der Waals surface area contributed by atoms with Gasteiger partial charge in [-0.1, -0.05) is 11.6 Å². The van der Waals surface area contributed by atoms with Gasteiger partial charge in [-0.25, -0.2) is 0 Å². The summed E-state index contributed by atoms with van der Waals surface area (Å²) in [6.07, 6.45) is 1.75. The largest absolute Gasteiger partial charge is 0.458 e. The number of nitrogens with zero attached hydrogens (tertiary/aromatic N) is 1. The van der Waals surface area contributed by atoms with Gasteiger partial charge in [-0.05, 0) is 64.0 Å². The Morgan fingerprint density at radius 1 is 1.25 bits per heavy atom. The van der Waals surface area contributed by atoms with Gasteiger partial charge in [0, 0.05) is 15.9 Å². The van der Waals surface area contributed by atoms with Crippen LogP contribution in [0.5, 0.6) is 0 Å². The molecule has 0 aliphatic carbocycles. The van der Waals surface area contributed by atoms with Crippen LogP contribution >= 0.6 is 11.6 Å². The van der Waals surface area contributed by atoms with Crippen molar-refractivity contribution in [1.29, 1.82) is 0 Å². The first-order valence-corrected chi connectivity index (χ1v) is 7.48. The second-order valence-electron chi connectivity index (χ2n) is 6.08. The molecule has 1 aliphatic rings. The van der Waals surface area contributed by atoms with Crippen LogP contribution in [0.25, 0.3) is 11.0 Å². The Bertz CT molecular complexity index is 614. The zero-order chi connectivity index (χ0) is 14.3. The SMILES string of the molecule is CC(C)(C(O)c1cc2cc(Cl)ccc2o1)N1CCCC1. The van der Waals surface area contributed by atoms with Gasteiger partial charge < -0.3 is 9.52 Å². The third-order valence-corrected chi connectivity index (χ3v) is 4.59. The van der Waals surface area contributed by atoms with Crippen molar-refractivity contribution >= 4 is 22.6 Å². The summed E-state index contributed by atoms with van der Waals surface area (Å²) in [6, 6.07) is 7.40. The zero-order valence-electron chi connectivity index (χ0n) is 11.9. The van der Waals surface area contributed by atoms with Gasteiger partial charge in [-0.2, -0.15) is 0 Å². The van der Waals surface area contributed by atoms with E-state index in [0.29, 0.717) is 10.8 Å². The van der Waals surface area contributed by atoms with Gasteiger partial charge in [0.15, 0.2) is 0 Å². The molecule has 0 bridgehead atoms. The quantitative estimate of drug-likeness (QED) is 0.929. The van der Waals surface area contributed by atoms with Crippen LogP contribution < -0.4 is 0 Å². The van der Waals surface area contributed by atoms with E-state index in [-0.39, 0.29) is 5.54 Å². The van der Waals surface area contributed by atoms with E-state index >= 15 is 0 Å². The predicted molar refractivity (Wildman–Crippen MR) is 81.1 cm³/mol. The summed E-state index contributed by atoms with van der Waals surface area (Å²) in [7, 11) is 0. The Morgan fingerprint density at radius 3 is 2.65 bits per heavy atom. The second-order valence-corrected chi connectivity index (χ2v) is 6.52. The summed E-state index contributed by atoms with van der Waals surface area (Å²) in [6.45, 7) is 6.22. The van der Waals surface area contributed by atoms with E-state index in [9.17, 15) is 5.11 Å². The Kier molecular flexibility index (Phi) is 3.53. The van der Waals surface area contributed by atoms with Crippen LogP contribution in [0.4, 0.5) is 0 Å². The number of hydrogen-bond acceptors (Lipinski definition) is 3. The minimum Gasteiger partial charge on any atom is -0.458 e. The highest BCUT2D eigenvalue weighted by Crippen LogP contribution is 2.36. The molecule has 1 unspecified atom stereocenters. The maximum atomic E-state index is 10.7. The molecule has 1 N–H and O–H groups in total. The number of hydrogen-bond donors (Lipinski definition) is 1. The molecular formula is C16H20ClNO2. The van der Waals surface area contributed by atoms with E-state index in [4.69, 9.17) is 16.0 Å². The lowest BCUT2D eigenvalue weighted by atomic mass is 9.93. The van der Waals surface area contributed by atoms with E-state index in [1.807, 2.05) is 18.2 Å². The van der Waals surface area contributed by atoms with Crippen LogP contribution in [0, 0.1) is 0 Å². The Morgan fingerprint density at radius 2 is 1.95 bits per heavy atom. The minimum atomic E-state index is -0.647. The topological polar surface area (TPSA) is 36.6 Å². The molecule has 0 saturated carbocycles. The maximum absolute atomic E-state index is 10.7. The van der Waals surface area contributed by atoms with Gasteiger partial charge in [-0.3, -0.25) is 4.90 Å². The first kappa shape index (κ1) is 13.9. The van der Waals surface area contributed by atoms with Crippen LogP contribution in [0.15, 0.2) is 28.7 Å². The summed E-state index contributed by atoms with van der Waals surface area (Å²) in [5.41, 5.74) is 0.439. The molecule has 4 heteroatoms. The number of aliphatic hydroxyl groups excluding tert-OH is 1. The van der Waals surface area contributed by atoms with Crippen molar-refractivity contribution in [2.24, 2.45) is 0 Å². The minimum absolute atomic E-state index is 0.325. The van der Waals surface area contributed by atoms with Crippen molar-refractivity contribution in [3.05, 3.63) is 35.0 Å². The first-order valence-electron chi connectivity index (χ1n) is 7.10. The van der Waals surface area contributed by atoms with E-state index < -0.39 is 6.10 Å². The predicted octanol–water partition coefficient (Wildman–Crippen LogP) is 3.99. The van der Waals surface area contributed by atoms with Gasteiger partial charge in [0.25, 0.3) is 0 Å². The molecular weight excluding hydrogens is 274 g/mol. The summed E-state index contributed by atoms with van der Waals surface area (Å²) in [5, 5.41) is 12.3. The molecule has 1 atom stereocenters. The molecule has 0 radical (unpaired) electrons. The van der Waals surface area contributed by atoms with Gasteiger partial charge >= 0.3 is 0 Å². The summed E-state index contributed by atoms with van der Waals surface area (Å²) < 4.78 is 5.80. The molecule has 3 rings (SSSR count). The molecule has 1 saturated heterocycles. The van der Waals surface area contributed by atoms with E-state index in [2.05, 4.69) is 18.7 Å². The van der Waals surface area contributed by atoms with Crippen LogP contribution in [-0.4, -0.2) is 28.6 Å².